The van der Waals surface area contributed by atoms with Gasteiger partial charge in [0.05, 0.1) is 6.61 Å². The second-order valence-corrected chi connectivity index (χ2v) is 9.05. The number of carbonyl (C=O) groups is 2. The Balaban J connectivity index is 0.000000669. The van der Waals surface area contributed by atoms with Crippen molar-refractivity contribution >= 4 is 11.8 Å². The molecule has 2 amide bonds. The first kappa shape index (κ1) is 31.0. The summed E-state index contributed by atoms with van der Waals surface area (Å²) in [4.78, 5) is 27.1. The van der Waals surface area contributed by atoms with Gasteiger partial charge in [0.2, 0.25) is 5.91 Å². The first-order chi connectivity index (χ1) is 16.5. The average molecular weight is 505 g/mol. The maximum atomic E-state index is 14.2. The third kappa shape index (κ3) is 10.7. The van der Waals surface area contributed by atoms with Gasteiger partial charge in [0.25, 0.3) is 5.91 Å². The van der Waals surface area contributed by atoms with Crippen molar-refractivity contribution in [1.82, 2.24) is 10.2 Å². The Kier molecular flexibility index (Phi) is 13.5. The minimum absolute atomic E-state index is 0.0717. The van der Waals surface area contributed by atoms with Crippen LogP contribution in [-0.2, 0) is 16.0 Å². The van der Waals surface area contributed by atoms with Crippen molar-refractivity contribution in [2.75, 3.05) is 20.3 Å². The van der Waals surface area contributed by atoms with Crippen molar-refractivity contribution in [3.05, 3.63) is 35.4 Å². The Morgan fingerprint density at radius 2 is 1.80 bits per heavy atom. The lowest BCUT2D eigenvalue weighted by Crippen LogP contribution is -2.46. The Hall–Kier alpha value is -2.00. The summed E-state index contributed by atoms with van der Waals surface area (Å²) in [5.74, 6) is -0.441. The summed E-state index contributed by atoms with van der Waals surface area (Å²) in [6.45, 7) is 6.90. The van der Waals surface area contributed by atoms with Crippen LogP contribution < -0.4 is 5.32 Å². The Labute approximate surface area is 206 Å². The number of nitrogens with zero attached hydrogens (tertiary/aromatic N) is 1. The van der Waals surface area contributed by atoms with Crippen LogP contribution in [0.25, 0.3) is 0 Å². The molecule has 0 aromatic heterocycles. The Bertz CT molecular complexity index is 782. The molecule has 1 aliphatic heterocycles. The molecule has 3 unspecified atom stereocenters. The van der Waals surface area contributed by atoms with Gasteiger partial charge in [0.1, 0.15) is 6.17 Å². The molecule has 200 valence electrons. The molecular weight excluding hydrogens is 464 g/mol. The molecule has 0 bridgehead atoms. The normalized spacial score (nSPS) is 21.2. The number of carbonyl (C=O) groups excluding carboxylic acids is 2. The minimum atomic E-state index is -4.00. The van der Waals surface area contributed by atoms with E-state index in [1.54, 1.807) is 6.07 Å². The summed E-state index contributed by atoms with van der Waals surface area (Å²) >= 11 is 0. The third-order valence-electron chi connectivity index (χ3n) is 5.80. The van der Waals surface area contributed by atoms with Crippen LogP contribution in [0.1, 0.15) is 75.7 Å². The Morgan fingerprint density at radius 3 is 2.37 bits per heavy atom. The predicted octanol–water partition coefficient (Wildman–Crippen LogP) is 5.72. The van der Waals surface area contributed by atoms with Gasteiger partial charge in [-0.1, -0.05) is 45.4 Å². The van der Waals surface area contributed by atoms with Crippen molar-refractivity contribution in [3.63, 3.8) is 0 Å². The first-order valence-corrected chi connectivity index (χ1v) is 12.4. The van der Waals surface area contributed by atoms with Crippen LogP contribution in [-0.4, -0.2) is 61.4 Å². The van der Waals surface area contributed by atoms with E-state index in [2.05, 4.69) is 19.2 Å². The van der Waals surface area contributed by atoms with E-state index in [-0.39, 0.29) is 43.3 Å². The molecule has 5 nitrogen and oxygen atoms in total. The molecular formula is C26H40F4N2O3. The van der Waals surface area contributed by atoms with E-state index in [9.17, 15) is 27.2 Å². The van der Waals surface area contributed by atoms with Crippen LogP contribution in [0.3, 0.4) is 0 Å². The van der Waals surface area contributed by atoms with Crippen molar-refractivity contribution < 1.29 is 31.9 Å². The van der Waals surface area contributed by atoms with Crippen LogP contribution in [0.5, 0.6) is 0 Å². The summed E-state index contributed by atoms with van der Waals surface area (Å²) < 4.78 is 50.1. The SMILES string of the molecule is CC(F)(F)F.CCC.CCC(N[C@@H]1CCC(C(=O)N2CCc3ccccc3C2=O)C1)C(F)COC. The highest BCUT2D eigenvalue weighted by atomic mass is 19.4. The predicted molar refractivity (Wildman–Crippen MR) is 129 cm³/mol. The molecule has 1 fully saturated rings. The maximum absolute atomic E-state index is 14.2. The number of halogens is 4. The topological polar surface area (TPSA) is 58.6 Å². The number of hydrogen-bond donors (Lipinski definition) is 1. The third-order valence-corrected chi connectivity index (χ3v) is 5.80. The fourth-order valence-corrected chi connectivity index (χ4v) is 4.27. The molecule has 35 heavy (non-hydrogen) atoms. The van der Waals surface area contributed by atoms with Crippen molar-refractivity contribution in [3.8, 4) is 0 Å². The lowest BCUT2D eigenvalue weighted by atomic mass is 9.97. The number of nitrogens with one attached hydrogen (secondary N) is 1. The summed E-state index contributed by atoms with van der Waals surface area (Å²) in [6, 6.07) is 7.32. The van der Waals surface area contributed by atoms with E-state index in [1.165, 1.54) is 18.4 Å². The number of imide groups is 1. The molecule has 2 aliphatic rings. The number of fused-ring (bicyclic) bond motifs is 1. The lowest BCUT2D eigenvalue weighted by molar-refractivity contribution is -0.132. The molecule has 1 heterocycles. The molecule has 4 atom stereocenters. The lowest BCUT2D eigenvalue weighted by Gasteiger charge is -2.29. The molecule has 1 aliphatic carbocycles. The van der Waals surface area contributed by atoms with Crippen molar-refractivity contribution in [1.29, 1.82) is 0 Å². The van der Waals surface area contributed by atoms with E-state index < -0.39 is 12.3 Å². The highest BCUT2D eigenvalue weighted by Gasteiger charge is 2.38. The van der Waals surface area contributed by atoms with Crippen molar-refractivity contribution in [2.24, 2.45) is 5.92 Å². The van der Waals surface area contributed by atoms with Gasteiger partial charge in [-0.25, -0.2) is 4.39 Å². The second-order valence-electron chi connectivity index (χ2n) is 9.05. The van der Waals surface area contributed by atoms with Gasteiger partial charge in [0.15, 0.2) is 0 Å². The monoisotopic (exact) mass is 504 g/mol. The molecule has 0 radical (unpaired) electrons. The molecule has 1 aromatic rings. The standard InChI is InChI=1S/C21H29FN2O3.C3H8.C2H3F3/c1-3-19(18(22)13-27-2)23-16-9-8-15(12-16)20(25)24-11-10-14-6-4-5-7-17(14)21(24)26;1-3-2;1-2(3,4)5/h4-7,15-16,18-19,23H,3,8-13H2,1-2H3;3H2,1-2H3;1H3/t15?,16-,18?,19?;;/m1../s1. The zero-order valence-electron chi connectivity index (χ0n) is 21.5. The van der Waals surface area contributed by atoms with Crippen molar-refractivity contribution in [2.45, 2.75) is 90.7 Å². The number of methoxy groups -OCH3 is 1. The van der Waals surface area contributed by atoms with E-state index in [0.717, 1.165) is 18.4 Å². The Morgan fingerprint density at radius 1 is 1.20 bits per heavy atom. The van der Waals surface area contributed by atoms with Gasteiger partial charge in [-0.15, -0.1) is 0 Å². The zero-order valence-corrected chi connectivity index (χ0v) is 21.5. The van der Waals surface area contributed by atoms with Gasteiger partial charge >= 0.3 is 6.18 Å². The molecule has 1 aromatic carbocycles. The molecule has 9 heteroatoms. The highest BCUT2D eigenvalue weighted by Crippen LogP contribution is 2.30. The fourth-order valence-electron chi connectivity index (χ4n) is 4.27. The largest absolute Gasteiger partial charge is 0.386 e. The number of hydrogen-bond acceptors (Lipinski definition) is 4. The molecule has 0 saturated heterocycles. The summed E-state index contributed by atoms with van der Waals surface area (Å²) in [6.07, 6.45) is -0.220. The number of ether oxygens (including phenoxy) is 1. The average Bonchev–Trinajstić information content (AvgIpc) is 3.26. The van der Waals surface area contributed by atoms with Gasteiger partial charge in [0, 0.05) is 44.1 Å². The number of alkyl halides is 4. The minimum Gasteiger partial charge on any atom is -0.382 e. The summed E-state index contributed by atoms with van der Waals surface area (Å²) in [7, 11) is 1.50. The van der Waals surface area contributed by atoms with Gasteiger partial charge in [-0.3, -0.25) is 14.5 Å². The van der Waals surface area contributed by atoms with Gasteiger partial charge < -0.3 is 10.1 Å². The smallest absolute Gasteiger partial charge is 0.382 e. The van der Waals surface area contributed by atoms with E-state index in [4.69, 9.17) is 4.74 Å². The fraction of sp³-hybridized carbons (Fsp3) is 0.692. The number of amides is 2. The van der Waals surface area contributed by atoms with Crippen LogP contribution in [0.2, 0.25) is 0 Å². The quantitative estimate of drug-likeness (QED) is 0.381. The number of benzene rings is 1. The van der Waals surface area contributed by atoms with Crippen LogP contribution in [0, 0.1) is 5.92 Å². The summed E-state index contributed by atoms with van der Waals surface area (Å²) in [5.41, 5.74) is 1.64. The second kappa shape index (κ2) is 15.2. The molecule has 3 rings (SSSR count). The van der Waals surface area contributed by atoms with Crippen LogP contribution in [0.15, 0.2) is 24.3 Å². The zero-order chi connectivity index (χ0) is 26.6. The van der Waals surface area contributed by atoms with E-state index in [0.29, 0.717) is 31.4 Å². The molecule has 0 spiro atoms. The molecule has 1 saturated carbocycles. The number of rotatable bonds is 7. The van der Waals surface area contributed by atoms with E-state index in [1.807, 2.05) is 25.1 Å². The molecule has 1 N–H and O–H groups in total. The van der Waals surface area contributed by atoms with Crippen LogP contribution >= 0.6 is 0 Å². The van der Waals surface area contributed by atoms with Gasteiger partial charge in [-0.2, -0.15) is 13.2 Å². The summed E-state index contributed by atoms with van der Waals surface area (Å²) in [5, 5.41) is 3.35. The van der Waals surface area contributed by atoms with Gasteiger partial charge in [-0.05, 0) is 43.7 Å². The highest BCUT2D eigenvalue weighted by molar-refractivity contribution is 6.07. The van der Waals surface area contributed by atoms with Crippen LogP contribution in [0.4, 0.5) is 17.6 Å². The first-order valence-electron chi connectivity index (χ1n) is 12.4. The van der Waals surface area contributed by atoms with E-state index >= 15 is 0 Å². The maximum Gasteiger partial charge on any atom is 0.386 e.